The molecule has 0 radical (unpaired) electrons. The van der Waals surface area contributed by atoms with E-state index in [-0.39, 0.29) is 12.6 Å². The van der Waals surface area contributed by atoms with Gasteiger partial charge < -0.3 is 10.4 Å². The molecule has 4 aromatic rings. The first-order chi connectivity index (χ1) is 13.8. The van der Waals surface area contributed by atoms with Crippen LogP contribution in [0.3, 0.4) is 0 Å². The molecule has 140 valence electrons. The Morgan fingerprint density at radius 3 is 2.57 bits per heavy atom. The molecule has 0 saturated heterocycles. The summed E-state index contributed by atoms with van der Waals surface area (Å²) >= 11 is 3.62. The number of rotatable bonds is 6. The number of nitrogens with one attached hydrogen (secondary N) is 1. The lowest BCUT2D eigenvalue weighted by Gasteiger charge is -2.21. The van der Waals surface area contributed by atoms with Gasteiger partial charge in [-0.05, 0) is 42.3 Å². The van der Waals surface area contributed by atoms with E-state index in [1.807, 2.05) is 60.7 Å². The van der Waals surface area contributed by atoms with Crippen LogP contribution in [0.15, 0.2) is 77.5 Å². The minimum absolute atomic E-state index is 0.0669. The number of benzene rings is 2. The summed E-state index contributed by atoms with van der Waals surface area (Å²) in [6.07, 6.45) is 4.05. The number of aromatic nitrogens is 3. The zero-order chi connectivity index (χ0) is 19.3. The van der Waals surface area contributed by atoms with Gasteiger partial charge in [-0.25, -0.2) is 9.97 Å². The molecule has 6 heteroatoms. The Hall–Kier alpha value is -2.83. The van der Waals surface area contributed by atoms with Crippen LogP contribution >= 0.6 is 15.9 Å². The van der Waals surface area contributed by atoms with E-state index in [0.29, 0.717) is 12.2 Å². The number of halogens is 1. The summed E-state index contributed by atoms with van der Waals surface area (Å²) in [7, 11) is 0. The van der Waals surface area contributed by atoms with Crippen molar-refractivity contribution in [3.63, 3.8) is 0 Å². The highest BCUT2D eigenvalue weighted by Crippen LogP contribution is 2.31. The number of anilines is 1. The lowest BCUT2D eigenvalue weighted by molar-refractivity contribution is 0.280. The first-order valence-electron chi connectivity index (χ1n) is 9.05. The number of aliphatic hydroxyl groups is 1. The fourth-order valence-corrected chi connectivity index (χ4v) is 3.73. The molecule has 0 fully saturated rings. The largest absolute Gasteiger partial charge is 0.396 e. The van der Waals surface area contributed by atoms with Crippen LogP contribution in [0.5, 0.6) is 0 Å². The summed E-state index contributed by atoms with van der Waals surface area (Å²) in [6.45, 7) is 0.0669. The molecule has 5 nitrogen and oxygen atoms in total. The fraction of sp³-hybridized carbons (Fsp3) is 0.136. The second kappa shape index (κ2) is 8.46. The molecule has 2 aromatic carbocycles. The quantitative estimate of drug-likeness (QED) is 0.447. The lowest BCUT2D eigenvalue weighted by atomic mass is 10.0. The molecule has 0 unspecified atom stereocenters. The summed E-state index contributed by atoms with van der Waals surface area (Å²) in [5.41, 5.74) is 2.78. The lowest BCUT2D eigenvalue weighted by Crippen LogP contribution is -2.15. The predicted octanol–water partition coefficient (Wildman–Crippen LogP) is 4.99. The van der Waals surface area contributed by atoms with Crippen molar-refractivity contribution in [3.05, 3.63) is 83.1 Å². The van der Waals surface area contributed by atoms with Gasteiger partial charge in [-0.3, -0.25) is 4.98 Å². The number of nitrogens with zero attached hydrogens (tertiary/aromatic N) is 3. The number of hydrogen-bond acceptors (Lipinski definition) is 5. The first kappa shape index (κ1) is 18.5. The molecule has 2 aromatic heterocycles. The van der Waals surface area contributed by atoms with Crippen LogP contribution in [0.1, 0.15) is 18.0 Å². The van der Waals surface area contributed by atoms with E-state index in [0.717, 1.165) is 32.3 Å². The van der Waals surface area contributed by atoms with Crippen molar-refractivity contribution >= 4 is 32.7 Å². The Morgan fingerprint density at radius 1 is 0.964 bits per heavy atom. The van der Waals surface area contributed by atoms with Gasteiger partial charge in [0.05, 0.1) is 11.6 Å². The van der Waals surface area contributed by atoms with Gasteiger partial charge in [0.25, 0.3) is 0 Å². The smallest absolute Gasteiger partial charge is 0.163 e. The highest BCUT2D eigenvalue weighted by molar-refractivity contribution is 9.10. The fourth-order valence-electron chi connectivity index (χ4n) is 3.17. The highest BCUT2D eigenvalue weighted by atomic mass is 79.9. The van der Waals surface area contributed by atoms with Gasteiger partial charge in [-0.2, -0.15) is 0 Å². The molecule has 0 amide bonds. The topological polar surface area (TPSA) is 70.9 Å². The van der Waals surface area contributed by atoms with Crippen molar-refractivity contribution in [2.45, 2.75) is 12.5 Å². The van der Waals surface area contributed by atoms with E-state index >= 15 is 0 Å². The summed E-state index contributed by atoms with van der Waals surface area (Å²) < 4.78 is 0.992. The third-order valence-electron chi connectivity index (χ3n) is 4.53. The molecule has 0 aliphatic heterocycles. The number of para-hydroxylation sites is 1. The standard InChI is InChI=1S/C22H19BrN4O/c23-18-9-3-1-7-16(18)20(11-13-28)26-22-17-8-2-4-10-19(17)25-21(27-22)15-6-5-12-24-14-15/h1-10,12,14,20,28H,11,13H2,(H,25,26,27)/t20-/m1/s1. The van der Waals surface area contributed by atoms with E-state index in [2.05, 4.69) is 26.2 Å². The van der Waals surface area contributed by atoms with Gasteiger partial charge in [0.1, 0.15) is 5.82 Å². The maximum absolute atomic E-state index is 9.62. The number of fused-ring (bicyclic) bond motifs is 1. The van der Waals surface area contributed by atoms with Crippen LogP contribution in [0.4, 0.5) is 5.82 Å². The van der Waals surface area contributed by atoms with Crippen LogP contribution in [-0.4, -0.2) is 26.7 Å². The van der Waals surface area contributed by atoms with Crippen LogP contribution in [0.2, 0.25) is 0 Å². The molecule has 0 bridgehead atoms. The normalized spacial score (nSPS) is 12.1. The minimum Gasteiger partial charge on any atom is -0.396 e. The molecular formula is C22H19BrN4O. The van der Waals surface area contributed by atoms with Gasteiger partial charge in [-0.15, -0.1) is 0 Å². The third kappa shape index (κ3) is 3.88. The molecule has 0 saturated carbocycles. The molecule has 0 spiro atoms. The average Bonchev–Trinajstić information content (AvgIpc) is 2.74. The Kier molecular flexibility index (Phi) is 5.60. The van der Waals surface area contributed by atoms with Crippen molar-refractivity contribution < 1.29 is 5.11 Å². The maximum Gasteiger partial charge on any atom is 0.163 e. The van der Waals surface area contributed by atoms with Crippen LogP contribution in [0.25, 0.3) is 22.3 Å². The van der Waals surface area contributed by atoms with E-state index in [1.54, 1.807) is 12.4 Å². The van der Waals surface area contributed by atoms with Crippen molar-refractivity contribution in [3.8, 4) is 11.4 Å². The van der Waals surface area contributed by atoms with Crippen LogP contribution in [0, 0.1) is 0 Å². The molecular weight excluding hydrogens is 416 g/mol. The number of pyridine rings is 1. The Morgan fingerprint density at radius 2 is 1.79 bits per heavy atom. The maximum atomic E-state index is 9.62. The monoisotopic (exact) mass is 434 g/mol. The molecule has 0 aliphatic rings. The van der Waals surface area contributed by atoms with Gasteiger partial charge in [0.2, 0.25) is 0 Å². The molecule has 0 aliphatic carbocycles. The number of hydrogen-bond donors (Lipinski definition) is 2. The highest BCUT2D eigenvalue weighted by Gasteiger charge is 2.17. The number of aliphatic hydroxyl groups excluding tert-OH is 1. The second-order valence-corrected chi connectivity index (χ2v) is 7.24. The first-order valence-corrected chi connectivity index (χ1v) is 9.84. The SMILES string of the molecule is OCC[C@@H](Nc1nc(-c2cccnc2)nc2ccccc12)c1ccccc1Br. The Bertz CT molecular complexity index is 1090. The van der Waals surface area contributed by atoms with Crippen LogP contribution in [-0.2, 0) is 0 Å². The van der Waals surface area contributed by atoms with Crippen molar-refractivity contribution in [1.29, 1.82) is 0 Å². The van der Waals surface area contributed by atoms with E-state index in [4.69, 9.17) is 9.97 Å². The van der Waals surface area contributed by atoms with Gasteiger partial charge >= 0.3 is 0 Å². The summed E-state index contributed by atoms with van der Waals surface area (Å²) in [5, 5.41) is 14.1. The Labute approximate surface area is 171 Å². The van der Waals surface area contributed by atoms with Gasteiger partial charge in [0.15, 0.2) is 5.82 Å². The van der Waals surface area contributed by atoms with Gasteiger partial charge in [-0.1, -0.05) is 46.3 Å². The summed E-state index contributed by atoms with van der Waals surface area (Å²) in [6, 6.07) is 19.6. The van der Waals surface area contributed by atoms with E-state index in [9.17, 15) is 5.11 Å². The van der Waals surface area contributed by atoms with Crippen LogP contribution < -0.4 is 5.32 Å². The molecule has 2 heterocycles. The molecule has 28 heavy (non-hydrogen) atoms. The summed E-state index contributed by atoms with van der Waals surface area (Å²) in [4.78, 5) is 13.7. The second-order valence-electron chi connectivity index (χ2n) is 6.39. The molecule has 4 rings (SSSR count). The van der Waals surface area contributed by atoms with E-state index in [1.165, 1.54) is 0 Å². The molecule has 2 N–H and O–H groups in total. The zero-order valence-corrected chi connectivity index (χ0v) is 16.7. The van der Waals surface area contributed by atoms with Crippen molar-refractivity contribution in [1.82, 2.24) is 15.0 Å². The average molecular weight is 435 g/mol. The van der Waals surface area contributed by atoms with E-state index < -0.39 is 0 Å². The Balaban J connectivity index is 1.81. The summed E-state index contributed by atoms with van der Waals surface area (Å²) in [5.74, 6) is 1.35. The van der Waals surface area contributed by atoms with Crippen molar-refractivity contribution in [2.24, 2.45) is 0 Å². The zero-order valence-electron chi connectivity index (χ0n) is 15.1. The van der Waals surface area contributed by atoms with Gasteiger partial charge in [0, 0.05) is 34.4 Å². The minimum atomic E-state index is -0.0966. The van der Waals surface area contributed by atoms with Crippen molar-refractivity contribution in [2.75, 3.05) is 11.9 Å². The molecule has 1 atom stereocenters. The predicted molar refractivity (Wildman–Crippen MR) is 115 cm³/mol. The third-order valence-corrected chi connectivity index (χ3v) is 5.25.